The SMILES string of the molecule is Cc1cccc(N2CC3CCCN3CC2C)c1Br. The zero-order valence-corrected chi connectivity index (χ0v) is 12.8. The lowest BCUT2D eigenvalue weighted by molar-refractivity contribution is 0.203. The van der Waals surface area contributed by atoms with Gasteiger partial charge in [0.1, 0.15) is 0 Å². The van der Waals surface area contributed by atoms with Gasteiger partial charge in [-0.1, -0.05) is 12.1 Å². The van der Waals surface area contributed by atoms with E-state index in [-0.39, 0.29) is 0 Å². The predicted octanol–water partition coefficient (Wildman–Crippen LogP) is 3.43. The first kappa shape index (κ1) is 12.5. The van der Waals surface area contributed by atoms with Crippen LogP contribution in [0.1, 0.15) is 25.3 Å². The van der Waals surface area contributed by atoms with Crippen LogP contribution in [-0.2, 0) is 0 Å². The molecule has 0 radical (unpaired) electrons. The number of anilines is 1. The molecule has 0 N–H and O–H groups in total. The first-order valence-electron chi connectivity index (χ1n) is 6.92. The maximum Gasteiger partial charge on any atom is 0.0516 e. The van der Waals surface area contributed by atoms with Gasteiger partial charge in [0.2, 0.25) is 0 Å². The minimum Gasteiger partial charge on any atom is -0.365 e. The van der Waals surface area contributed by atoms with E-state index in [1.165, 1.54) is 48.2 Å². The van der Waals surface area contributed by atoms with Crippen LogP contribution < -0.4 is 4.90 Å². The summed E-state index contributed by atoms with van der Waals surface area (Å²) in [6.45, 7) is 8.22. The number of nitrogens with zero attached hydrogens (tertiary/aromatic N) is 2. The number of halogens is 1. The summed E-state index contributed by atoms with van der Waals surface area (Å²) >= 11 is 3.76. The molecular formula is C15H21BrN2. The Morgan fingerprint density at radius 1 is 1.28 bits per heavy atom. The van der Waals surface area contributed by atoms with Crippen LogP contribution in [0.15, 0.2) is 22.7 Å². The van der Waals surface area contributed by atoms with Gasteiger partial charge in [-0.2, -0.15) is 0 Å². The van der Waals surface area contributed by atoms with Gasteiger partial charge in [-0.25, -0.2) is 0 Å². The molecule has 2 saturated heterocycles. The van der Waals surface area contributed by atoms with Gasteiger partial charge < -0.3 is 4.90 Å². The van der Waals surface area contributed by atoms with Crippen molar-refractivity contribution in [3.05, 3.63) is 28.2 Å². The van der Waals surface area contributed by atoms with E-state index >= 15 is 0 Å². The number of piperazine rings is 1. The van der Waals surface area contributed by atoms with Crippen LogP contribution in [0.5, 0.6) is 0 Å². The summed E-state index contributed by atoms with van der Waals surface area (Å²) in [4.78, 5) is 5.26. The largest absolute Gasteiger partial charge is 0.365 e. The second kappa shape index (κ2) is 4.86. The van der Waals surface area contributed by atoms with Crippen molar-refractivity contribution in [2.24, 2.45) is 0 Å². The molecule has 2 nitrogen and oxygen atoms in total. The van der Waals surface area contributed by atoms with Crippen LogP contribution in [0.2, 0.25) is 0 Å². The number of hydrogen-bond acceptors (Lipinski definition) is 2. The summed E-state index contributed by atoms with van der Waals surface area (Å²) in [7, 11) is 0. The lowest BCUT2D eigenvalue weighted by Gasteiger charge is -2.44. The second-order valence-electron chi connectivity index (χ2n) is 5.70. The van der Waals surface area contributed by atoms with Crippen molar-refractivity contribution in [2.75, 3.05) is 24.5 Å². The van der Waals surface area contributed by atoms with Crippen molar-refractivity contribution >= 4 is 21.6 Å². The van der Waals surface area contributed by atoms with Crippen molar-refractivity contribution in [3.8, 4) is 0 Å². The Morgan fingerprint density at radius 2 is 2.11 bits per heavy atom. The summed E-state index contributed by atoms with van der Waals surface area (Å²) in [6.07, 6.45) is 2.74. The highest BCUT2D eigenvalue weighted by molar-refractivity contribution is 9.10. The highest BCUT2D eigenvalue weighted by atomic mass is 79.9. The number of aryl methyl sites for hydroxylation is 1. The van der Waals surface area contributed by atoms with Gasteiger partial charge >= 0.3 is 0 Å². The smallest absolute Gasteiger partial charge is 0.0516 e. The highest BCUT2D eigenvalue weighted by Crippen LogP contribution is 2.34. The minimum atomic E-state index is 0.609. The maximum absolute atomic E-state index is 3.76. The average molecular weight is 309 g/mol. The van der Waals surface area contributed by atoms with E-state index in [0.717, 1.165) is 6.04 Å². The lowest BCUT2D eigenvalue weighted by Crippen LogP contribution is -2.55. The van der Waals surface area contributed by atoms with Crippen LogP contribution in [0.3, 0.4) is 0 Å². The van der Waals surface area contributed by atoms with Crippen LogP contribution in [0, 0.1) is 6.92 Å². The molecule has 98 valence electrons. The zero-order chi connectivity index (χ0) is 12.7. The number of benzene rings is 1. The normalized spacial score (nSPS) is 28.5. The molecule has 3 rings (SSSR count). The maximum atomic E-state index is 3.76. The molecule has 2 heterocycles. The molecule has 0 bridgehead atoms. The molecular weight excluding hydrogens is 288 g/mol. The first-order chi connectivity index (χ1) is 8.66. The number of rotatable bonds is 1. The van der Waals surface area contributed by atoms with Crippen molar-refractivity contribution in [1.82, 2.24) is 4.90 Å². The van der Waals surface area contributed by atoms with Crippen LogP contribution in [-0.4, -0.2) is 36.6 Å². The Balaban J connectivity index is 1.89. The molecule has 0 amide bonds. The molecule has 18 heavy (non-hydrogen) atoms. The number of fused-ring (bicyclic) bond motifs is 1. The zero-order valence-electron chi connectivity index (χ0n) is 11.2. The summed E-state index contributed by atoms with van der Waals surface area (Å²) in [6, 6.07) is 7.97. The van der Waals surface area contributed by atoms with E-state index in [4.69, 9.17) is 0 Å². The predicted molar refractivity (Wildman–Crippen MR) is 80.3 cm³/mol. The summed E-state index contributed by atoms with van der Waals surface area (Å²) < 4.78 is 1.27. The van der Waals surface area contributed by atoms with Crippen LogP contribution >= 0.6 is 15.9 Å². The summed E-state index contributed by atoms with van der Waals surface area (Å²) in [5, 5.41) is 0. The van der Waals surface area contributed by atoms with Crippen molar-refractivity contribution in [2.45, 2.75) is 38.8 Å². The molecule has 2 atom stereocenters. The van der Waals surface area contributed by atoms with Gasteiger partial charge in [-0.3, -0.25) is 4.90 Å². The standard InChI is InChI=1S/C15H21BrN2/c1-11-5-3-7-14(15(11)16)18-10-13-6-4-8-17(13)9-12(18)2/h3,5,7,12-13H,4,6,8-10H2,1-2H3. The molecule has 2 aliphatic rings. The van der Waals surface area contributed by atoms with Crippen molar-refractivity contribution in [3.63, 3.8) is 0 Å². The third kappa shape index (κ3) is 2.08. The molecule has 1 aromatic rings. The molecule has 0 aliphatic carbocycles. The van der Waals surface area contributed by atoms with Gasteiger partial charge in [-0.15, -0.1) is 0 Å². The van der Waals surface area contributed by atoms with Gasteiger partial charge in [0.25, 0.3) is 0 Å². The van der Waals surface area contributed by atoms with Crippen LogP contribution in [0.25, 0.3) is 0 Å². The summed E-state index contributed by atoms with van der Waals surface area (Å²) in [5.41, 5.74) is 2.70. The van der Waals surface area contributed by atoms with Gasteiger partial charge in [-0.05, 0) is 60.8 Å². The Hall–Kier alpha value is -0.540. The Bertz CT molecular complexity index is 446. The molecule has 0 aromatic heterocycles. The Kier molecular flexibility index (Phi) is 3.37. The number of hydrogen-bond donors (Lipinski definition) is 0. The van der Waals surface area contributed by atoms with Gasteiger partial charge in [0, 0.05) is 29.6 Å². The van der Waals surface area contributed by atoms with Crippen LogP contribution in [0.4, 0.5) is 5.69 Å². The van der Waals surface area contributed by atoms with E-state index in [0.29, 0.717) is 6.04 Å². The summed E-state index contributed by atoms with van der Waals surface area (Å²) in [5.74, 6) is 0. The highest BCUT2D eigenvalue weighted by Gasteiger charge is 2.34. The van der Waals surface area contributed by atoms with Crippen molar-refractivity contribution < 1.29 is 0 Å². The molecule has 2 aliphatic heterocycles. The first-order valence-corrected chi connectivity index (χ1v) is 7.72. The third-order valence-electron chi connectivity index (χ3n) is 4.42. The fourth-order valence-electron chi connectivity index (χ4n) is 3.38. The van der Waals surface area contributed by atoms with Gasteiger partial charge in [0.15, 0.2) is 0 Å². The molecule has 3 heteroatoms. The third-order valence-corrected chi connectivity index (χ3v) is 5.45. The van der Waals surface area contributed by atoms with Crippen molar-refractivity contribution in [1.29, 1.82) is 0 Å². The Labute approximate surface area is 118 Å². The second-order valence-corrected chi connectivity index (χ2v) is 6.49. The fraction of sp³-hybridized carbons (Fsp3) is 0.600. The molecule has 2 fully saturated rings. The lowest BCUT2D eigenvalue weighted by atomic mass is 10.1. The van der Waals surface area contributed by atoms with E-state index in [1.807, 2.05) is 0 Å². The molecule has 2 unspecified atom stereocenters. The Morgan fingerprint density at radius 3 is 2.94 bits per heavy atom. The minimum absolute atomic E-state index is 0.609. The van der Waals surface area contributed by atoms with E-state index in [9.17, 15) is 0 Å². The van der Waals surface area contributed by atoms with E-state index in [2.05, 4.69) is 57.8 Å². The van der Waals surface area contributed by atoms with E-state index in [1.54, 1.807) is 0 Å². The van der Waals surface area contributed by atoms with Gasteiger partial charge in [0.05, 0.1) is 5.69 Å². The molecule has 0 spiro atoms. The quantitative estimate of drug-likeness (QED) is 0.784. The fourth-order valence-corrected chi connectivity index (χ4v) is 3.87. The molecule has 0 saturated carbocycles. The topological polar surface area (TPSA) is 6.48 Å². The average Bonchev–Trinajstić information content (AvgIpc) is 2.79. The molecule has 1 aromatic carbocycles. The monoisotopic (exact) mass is 308 g/mol. The van der Waals surface area contributed by atoms with E-state index < -0.39 is 0 Å².